The minimum absolute atomic E-state index is 0.0822. The largest absolute Gasteiger partial charge is 0.507 e. The number of Topliss-reactive ketones (excluding diaryl/α,β-unsaturated/α-hetero) is 1. The molecule has 1 N–H and O–H groups in total. The van der Waals surface area contributed by atoms with Crippen LogP contribution in [0.4, 0.5) is 9.52 Å². The molecule has 1 aliphatic heterocycles. The topological polar surface area (TPSA) is 79.7 Å². The summed E-state index contributed by atoms with van der Waals surface area (Å²) in [4.78, 5) is 32.5. The molecule has 0 bridgehead atoms. The molecular weight excluding hydrogens is 467 g/mol. The van der Waals surface area contributed by atoms with Gasteiger partial charge in [0, 0.05) is 5.56 Å². The summed E-state index contributed by atoms with van der Waals surface area (Å²) in [6.07, 6.45) is 0. The molecule has 0 radical (unpaired) electrons. The number of hydrogen-bond acceptors (Lipinski definition) is 6. The van der Waals surface area contributed by atoms with E-state index in [2.05, 4.69) is 4.98 Å². The number of benzene rings is 3. The highest BCUT2D eigenvalue weighted by molar-refractivity contribution is 7.22. The van der Waals surface area contributed by atoms with E-state index in [1.165, 1.54) is 40.5 Å². The SMILES string of the molecule is CCOc1ccc(C2C(=C(O)c3ccc(F)cc3)C(=O)C(=O)N2c2nc3ccc(C)cc3s2)cc1. The zero-order valence-electron chi connectivity index (χ0n) is 19.0. The Morgan fingerprint density at radius 3 is 2.49 bits per heavy atom. The fraction of sp³-hybridized carbons (Fsp3) is 0.148. The van der Waals surface area contributed by atoms with E-state index in [0.717, 1.165) is 10.3 Å². The van der Waals surface area contributed by atoms with Crippen molar-refractivity contribution in [2.75, 3.05) is 11.5 Å². The summed E-state index contributed by atoms with van der Waals surface area (Å²) in [5, 5.41) is 11.5. The van der Waals surface area contributed by atoms with Gasteiger partial charge in [-0.15, -0.1) is 0 Å². The van der Waals surface area contributed by atoms with Gasteiger partial charge in [-0.05, 0) is 73.5 Å². The number of fused-ring (bicyclic) bond motifs is 1. The van der Waals surface area contributed by atoms with Crippen molar-refractivity contribution in [3.05, 3.63) is 94.8 Å². The van der Waals surface area contributed by atoms with Gasteiger partial charge < -0.3 is 9.84 Å². The number of carbonyl (C=O) groups excluding carboxylic acids is 2. The maximum absolute atomic E-state index is 13.5. The number of thiazole rings is 1. The summed E-state index contributed by atoms with van der Waals surface area (Å²) in [5.74, 6) is -1.83. The number of aromatic nitrogens is 1. The number of aliphatic hydroxyl groups is 1. The Morgan fingerprint density at radius 1 is 1.09 bits per heavy atom. The Kier molecular flexibility index (Phi) is 5.82. The molecular formula is C27H21FN2O4S. The number of anilines is 1. The van der Waals surface area contributed by atoms with E-state index in [0.29, 0.717) is 28.6 Å². The minimum Gasteiger partial charge on any atom is -0.507 e. The average molecular weight is 489 g/mol. The standard InChI is InChI=1S/C27H21FN2O4S/c1-3-34-19-11-7-16(8-12-19)23-22(24(31)17-5-9-18(28)10-6-17)25(32)26(33)30(23)27-29-20-13-4-15(2)14-21(20)35-27/h4-14,23,31H,3H2,1-2H3. The molecule has 0 aliphatic carbocycles. The molecule has 1 unspecified atom stereocenters. The monoisotopic (exact) mass is 488 g/mol. The fourth-order valence-electron chi connectivity index (χ4n) is 4.14. The highest BCUT2D eigenvalue weighted by Crippen LogP contribution is 2.44. The van der Waals surface area contributed by atoms with E-state index >= 15 is 0 Å². The van der Waals surface area contributed by atoms with Crippen LogP contribution < -0.4 is 9.64 Å². The van der Waals surface area contributed by atoms with Crippen molar-refractivity contribution in [1.29, 1.82) is 0 Å². The molecule has 35 heavy (non-hydrogen) atoms. The number of hydrogen-bond donors (Lipinski definition) is 1. The van der Waals surface area contributed by atoms with Crippen LogP contribution in [0.5, 0.6) is 5.75 Å². The highest BCUT2D eigenvalue weighted by atomic mass is 32.1. The lowest BCUT2D eigenvalue weighted by Gasteiger charge is -2.23. The van der Waals surface area contributed by atoms with Crippen molar-refractivity contribution in [3.63, 3.8) is 0 Å². The van der Waals surface area contributed by atoms with Crippen molar-refractivity contribution in [1.82, 2.24) is 4.98 Å². The Morgan fingerprint density at radius 2 is 1.80 bits per heavy atom. The fourth-order valence-corrected chi connectivity index (χ4v) is 5.23. The first-order valence-electron chi connectivity index (χ1n) is 11.0. The summed E-state index contributed by atoms with van der Waals surface area (Å²) in [7, 11) is 0. The Balaban J connectivity index is 1.70. The van der Waals surface area contributed by atoms with Gasteiger partial charge in [0.25, 0.3) is 5.78 Å². The minimum atomic E-state index is -0.919. The molecule has 176 valence electrons. The second-order valence-corrected chi connectivity index (χ2v) is 9.15. The lowest BCUT2D eigenvalue weighted by Crippen LogP contribution is -2.29. The third-order valence-corrected chi connectivity index (χ3v) is 6.83. The van der Waals surface area contributed by atoms with Gasteiger partial charge in [0.15, 0.2) is 5.13 Å². The number of aryl methyl sites for hydroxylation is 1. The summed E-state index contributed by atoms with van der Waals surface area (Å²) in [6, 6.07) is 17.0. The quantitative estimate of drug-likeness (QED) is 0.219. The Hall–Kier alpha value is -4.04. The first-order chi connectivity index (χ1) is 16.9. The molecule has 6 nitrogen and oxygen atoms in total. The second kappa shape index (κ2) is 8.96. The average Bonchev–Trinajstić information content (AvgIpc) is 3.37. The van der Waals surface area contributed by atoms with E-state index < -0.39 is 23.5 Å². The molecule has 1 aliphatic rings. The van der Waals surface area contributed by atoms with Crippen molar-refractivity contribution in [2.45, 2.75) is 19.9 Å². The molecule has 0 spiro atoms. The van der Waals surface area contributed by atoms with Gasteiger partial charge in [0.2, 0.25) is 0 Å². The number of rotatable bonds is 5. The number of nitrogens with zero attached hydrogens (tertiary/aromatic N) is 2. The zero-order valence-corrected chi connectivity index (χ0v) is 19.8. The molecule has 1 amide bonds. The third-order valence-electron chi connectivity index (χ3n) is 5.81. The van der Waals surface area contributed by atoms with Crippen LogP contribution in [-0.4, -0.2) is 28.4 Å². The number of ketones is 1. The highest BCUT2D eigenvalue weighted by Gasteiger charge is 2.48. The molecule has 8 heteroatoms. The summed E-state index contributed by atoms with van der Waals surface area (Å²) in [5.41, 5.74) is 2.52. The lowest BCUT2D eigenvalue weighted by atomic mass is 9.95. The smallest absolute Gasteiger partial charge is 0.301 e. The van der Waals surface area contributed by atoms with Gasteiger partial charge in [0.1, 0.15) is 17.3 Å². The third kappa shape index (κ3) is 4.06. The Bertz CT molecular complexity index is 1480. The van der Waals surface area contributed by atoms with Gasteiger partial charge in [-0.1, -0.05) is 29.5 Å². The van der Waals surface area contributed by atoms with Gasteiger partial charge in [-0.3, -0.25) is 14.5 Å². The van der Waals surface area contributed by atoms with Crippen LogP contribution in [0.2, 0.25) is 0 Å². The predicted molar refractivity (Wildman–Crippen MR) is 133 cm³/mol. The van der Waals surface area contributed by atoms with E-state index in [1.54, 1.807) is 24.3 Å². The molecule has 1 aromatic heterocycles. The first kappa shape index (κ1) is 22.7. The summed E-state index contributed by atoms with van der Waals surface area (Å²) < 4.78 is 19.9. The maximum Gasteiger partial charge on any atom is 0.301 e. The molecule has 1 saturated heterocycles. The van der Waals surface area contributed by atoms with Crippen LogP contribution in [0, 0.1) is 12.7 Å². The predicted octanol–water partition coefficient (Wildman–Crippen LogP) is 5.77. The van der Waals surface area contributed by atoms with Crippen molar-refractivity contribution >= 4 is 44.1 Å². The summed E-state index contributed by atoms with van der Waals surface area (Å²) >= 11 is 1.30. The zero-order chi connectivity index (χ0) is 24.7. The molecule has 5 rings (SSSR count). The number of aliphatic hydroxyl groups excluding tert-OH is 1. The van der Waals surface area contributed by atoms with E-state index in [9.17, 15) is 19.1 Å². The van der Waals surface area contributed by atoms with Crippen LogP contribution in [0.25, 0.3) is 16.0 Å². The van der Waals surface area contributed by atoms with Crippen molar-refractivity contribution < 1.29 is 23.8 Å². The summed E-state index contributed by atoms with van der Waals surface area (Å²) in [6.45, 7) is 4.33. The first-order valence-corrected chi connectivity index (χ1v) is 11.9. The van der Waals surface area contributed by atoms with Crippen LogP contribution in [-0.2, 0) is 9.59 Å². The van der Waals surface area contributed by atoms with Gasteiger partial charge in [0.05, 0.1) is 28.4 Å². The van der Waals surface area contributed by atoms with E-state index in [-0.39, 0.29) is 16.9 Å². The van der Waals surface area contributed by atoms with E-state index in [1.807, 2.05) is 32.0 Å². The normalized spacial score (nSPS) is 17.3. The number of amides is 1. The second-order valence-electron chi connectivity index (χ2n) is 8.15. The number of halogens is 1. The number of ether oxygens (including phenoxy) is 1. The number of carbonyl (C=O) groups is 2. The molecule has 1 atom stereocenters. The van der Waals surface area contributed by atoms with Gasteiger partial charge in [-0.25, -0.2) is 9.37 Å². The molecule has 0 saturated carbocycles. The molecule has 2 heterocycles. The van der Waals surface area contributed by atoms with Crippen molar-refractivity contribution in [3.8, 4) is 5.75 Å². The maximum atomic E-state index is 13.5. The van der Waals surface area contributed by atoms with Crippen molar-refractivity contribution in [2.24, 2.45) is 0 Å². The molecule has 1 fully saturated rings. The lowest BCUT2D eigenvalue weighted by molar-refractivity contribution is -0.132. The Labute approximate surface area is 204 Å². The molecule has 3 aromatic carbocycles. The van der Waals surface area contributed by atoms with Crippen LogP contribution in [0.1, 0.15) is 29.7 Å². The van der Waals surface area contributed by atoms with Crippen LogP contribution in [0.15, 0.2) is 72.3 Å². The van der Waals surface area contributed by atoms with Gasteiger partial charge in [-0.2, -0.15) is 0 Å². The molecule has 4 aromatic rings. The van der Waals surface area contributed by atoms with Gasteiger partial charge >= 0.3 is 5.91 Å². The van der Waals surface area contributed by atoms with E-state index in [4.69, 9.17) is 4.74 Å². The van der Waals surface area contributed by atoms with Crippen LogP contribution >= 0.6 is 11.3 Å². The van der Waals surface area contributed by atoms with Crippen LogP contribution in [0.3, 0.4) is 0 Å².